The third-order valence-electron chi connectivity index (χ3n) is 2.25. The number of rotatable bonds is 4. The highest BCUT2D eigenvalue weighted by atomic mass is 35.7. The zero-order valence-corrected chi connectivity index (χ0v) is 10.2. The number of hydrogen-bond acceptors (Lipinski definition) is 2. The largest absolute Gasteiger partial charge is 0.395 e. The lowest BCUT2D eigenvalue weighted by molar-refractivity contribution is -0.150. The predicted molar refractivity (Wildman–Crippen MR) is 59.5 cm³/mol. The summed E-state index contributed by atoms with van der Waals surface area (Å²) in [5.74, 6) is -2.51. The standard InChI is InChI=1S/C10H10ClF3O2S/c11-17(15,16)7-6-9(10(12,13)14)8-4-2-1-3-5-8/h1-5,9H,6-7H2. The van der Waals surface area contributed by atoms with Crippen molar-refractivity contribution in [3.8, 4) is 0 Å². The van der Waals surface area contributed by atoms with Crippen LogP contribution >= 0.6 is 10.7 Å². The fourth-order valence-corrected chi connectivity index (χ4v) is 2.25. The molecular weight excluding hydrogens is 277 g/mol. The molecule has 0 heterocycles. The Labute approximate surface area is 102 Å². The van der Waals surface area contributed by atoms with Gasteiger partial charge in [0.1, 0.15) is 0 Å². The number of hydrogen-bond donors (Lipinski definition) is 0. The fraction of sp³-hybridized carbons (Fsp3) is 0.400. The molecule has 0 bridgehead atoms. The zero-order chi connectivity index (χ0) is 13.1. The SMILES string of the molecule is O=S(=O)(Cl)CCC(c1ccccc1)C(F)(F)F. The highest BCUT2D eigenvalue weighted by molar-refractivity contribution is 8.13. The topological polar surface area (TPSA) is 34.1 Å². The molecule has 1 aromatic rings. The van der Waals surface area contributed by atoms with Crippen LogP contribution in [0.3, 0.4) is 0 Å². The summed E-state index contributed by atoms with van der Waals surface area (Å²) in [7, 11) is 1.00. The van der Waals surface area contributed by atoms with E-state index < -0.39 is 33.3 Å². The summed E-state index contributed by atoms with van der Waals surface area (Å²) >= 11 is 0. The van der Waals surface area contributed by atoms with Gasteiger partial charge in [-0.3, -0.25) is 0 Å². The average molecular weight is 287 g/mol. The Bertz CT molecular complexity index is 456. The van der Waals surface area contributed by atoms with E-state index in [0.717, 1.165) is 0 Å². The van der Waals surface area contributed by atoms with Gasteiger partial charge in [0, 0.05) is 10.7 Å². The number of alkyl halides is 3. The first-order valence-corrected chi connectivity index (χ1v) is 7.22. The Kier molecular flexibility index (Phi) is 4.43. The summed E-state index contributed by atoms with van der Waals surface area (Å²) in [6.07, 6.45) is -5.05. The quantitative estimate of drug-likeness (QED) is 0.796. The Hall–Kier alpha value is -0.750. The van der Waals surface area contributed by atoms with Crippen LogP contribution in [0.4, 0.5) is 13.2 Å². The maximum atomic E-state index is 12.7. The maximum Gasteiger partial charge on any atom is 0.395 e. The second-order valence-electron chi connectivity index (χ2n) is 3.54. The predicted octanol–water partition coefficient (Wildman–Crippen LogP) is 3.29. The van der Waals surface area contributed by atoms with E-state index in [4.69, 9.17) is 10.7 Å². The van der Waals surface area contributed by atoms with Gasteiger partial charge in [0.25, 0.3) is 0 Å². The molecule has 0 aliphatic carbocycles. The molecule has 1 aromatic carbocycles. The molecule has 0 spiro atoms. The van der Waals surface area contributed by atoms with E-state index in [-0.39, 0.29) is 5.56 Å². The van der Waals surface area contributed by atoms with Crippen molar-refractivity contribution < 1.29 is 21.6 Å². The molecule has 0 aromatic heterocycles. The van der Waals surface area contributed by atoms with Crippen molar-refractivity contribution in [2.24, 2.45) is 0 Å². The maximum absolute atomic E-state index is 12.7. The minimum atomic E-state index is -4.48. The third kappa shape index (κ3) is 4.95. The molecule has 0 saturated carbocycles. The van der Waals surface area contributed by atoms with Crippen molar-refractivity contribution in [1.82, 2.24) is 0 Å². The van der Waals surface area contributed by atoms with Gasteiger partial charge >= 0.3 is 6.18 Å². The summed E-state index contributed by atoms with van der Waals surface area (Å²) in [5, 5.41) is 0. The molecule has 0 aliphatic rings. The normalized spacial score (nSPS) is 14.6. The van der Waals surface area contributed by atoms with Gasteiger partial charge in [0.2, 0.25) is 9.05 Å². The molecule has 1 unspecified atom stereocenters. The summed E-state index contributed by atoms with van der Waals surface area (Å²) in [6.45, 7) is 0. The summed E-state index contributed by atoms with van der Waals surface area (Å²) in [6, 6.07) is 7.18. The van der Waals surface area contributed by atoms with E-state index in [9.17, 15) is 21.6 Å². The van der Waals surface area contributed by atoms with Crippen molar-refractivity contribution in [3.63, 3.8) is 0 Å². The Morgan fingerprint density at radius 1 is 1.18 bits per heavy atom. The van der Waals surface area contributed by atoms with Gasteiger partial charge in [-0.15, -0.1) is 0 Å². The molecule has 0 amide bonds. The molecule has 0 saturated heterocycles. The fourth-order valence-electron chi connectivity index (χ4n) is 1.46. The molecule has 1 atom stereocenters. The second-order valence-corrected chi connectivity index (χ2v) is 6.43. The molecule has 0 radical (unpaired) electrons. The average Bonchev–Trinajstić information content (AvgIpc) is 2.15. The molecule has 96 valence electrons. The van der Waals surface area contributed by atoms with Crippen LogP contribution in [0.25, 0.3) is 0 Å². The first-order valence-electron chi connectivity index (χ1n) is 4.74. The zero-order valence-electron chi connectivity index (χ0n) is 8.61. The van der Waals surface area contributed by atoms with E-state index in [1.165, 1.54) is 24.3 Å². The lowest BCUT2D eigenvalue weighted by Crippen LogP contribution is -2.22. The van der Waals surface area contributed by atoms with Gasteiger partial charge in [-0.2, -0.15) is 13.2 Å². The van der Waals surface area contributed by atoms with Crippen molar-refractivity contribution in [2.75, 3.05) is 5.75 Å². The van der Waals surface area contributed by atoms with Gasteiger partial charge in [0.15, 0.2) is 0 Å². The Morgan fingerprint density at radius 3 is 2.12 bits per heavy atom. The van der Waals surface area contributed by atoms with Crippen molar-refractivity contribution >= 4 is 19.7 Å². The first-order chi connectivity index (χ1) is 7.70. The lowest BCUT2D eigenvalue weighted by atomic mass is 9.96. The Morgan fingerprint density at radius 2 is 1.71 bits per heavy atom. The molecular formula is C10H10ClF3O2S. The van der Waals surface area contributed by atoms with Crippen molar-refractivity contribution in [3.05, 3.63) is 35.9 Å². The smallest absolute Gasteiger partial charge is 0.212 e. The highest BCUT2D eigenvalue weighted by Crippen LogP contribution is 2.37. The van der Waals surface area contributed by atoms with Crippen LogP contribution in [0.1, 0.15) is 17.9 Å². The van der Waals surface area contributed by atoms with Gasteiger partial charge in [-0.1, -0.05) is 30.3 Å². The van der Waals surface area contributed by atoms with Gasteiger partial charge in [0.05, 0.1) is 11.7 Å². The summed E-state index contributed by atoms with van der Waals surface area (Å²) in [4.78, 5) is 0. The van der Waals surface area contributed by atoms with Crippen LogP contribution in [0, 0.1) is 0 Å². The van der Waals surface area contributed by atoms with E-state index >= 15 is 0 Å². The minimum Gasteiger partial charge on any atom is -0.212 e. The molecule has 1 rings (SSSR count). The molecule has 0 fully saturated rings. The van der Waals surface area contributed by atoms with E-state index in [1.807, 2.05) is 0 Å². The first kappa shape index (κ1) is 14.3. The van der Waals surface area contributed by atoms with E-state index in [2.05, 4.69) is 0 Å². The summed E-state index contributed by atoms with van der Waals surface area (Å²) in [5.41, 5.74) is 0.0420. The monoisotopic (exact) mass is 286 g/mol. The number of halogens is 4. The molecule has 0 N–H and O–H groups in total. The Balaban J connectivity index is 2.91. The van der Waals surface area contributed by atoms with Crippen LogP contribution in [-0.4, -0.2) is 20.3 Å². The number of benzene rings is 1. The van der Waals surface area contributed by atoms with Gasteiger partial charge < -0.3 is 0 Å². The minimum absolute atomic E-state index is 0.0420. The third-order valence-corrected chi connectivity index (χ3v) is 3.43. The highest BCUT2D eigenvalue weighted by Gasteiger charge is 2.40. The van der Waals surface area contributed by atoms with Crippen molar-refractivity contribution in [1.29, 1.82) is 0 Å². The van der Waals surface area contributed by atoms with Gasteiger partial charge in [-0.25, -0.2) is 8.42 Å². The van der Waals surface area contributed by atoms with E-state index in [1.54, 1.807) is 6.07 Å². The molecule has 0 aliphatic heterocycles. The van der Waals surface area contributed by atoms with Crippen LogP contribution in [0.2, 0.25) is 0 Å². The second kappa shape index (κ2) is 5.27. The van der Waals surface area contributed by atoms with Crippen LogP contribution in [0.5, 0.6) is 0 Å². The van der Waals surface area contributed by atoms with Crippen LogP contribution in [0.15, 0.2) is 30.3 Å². The molecule has 2 nitrogen and oxygen atoms in total. The lowest BCUT2D eigenvalue weighted by Gasteiger charge is -2.19. The van der Waals surface area contributed by atoms with Gasteiger partial charge in [-0.05, 0) is 12.0 Å². The summed E-state index contributed by atoms with van der Waals surface area (Å²) < 4.78 is 59.6. The van der Waals surface area contributed by atoms with Crippen LogP contribution in [-0.2, 0) is 9.05 Å². The molecule has 17 heavy (non-hydrogen) atoms. The molecule has 7 heteroatoms. The van der Waals surface area contributed by atoms with Crippen molar-refractivity contribution in [2.45, 2.75) is 18.5 Å². The van der Waals surface area contributed by atoms with E-state index in [0.29, 0.717) is 0 Å². The van der Waals surface area contributed by atoms with Crippen LogP contribution < -0.4 is 0 Å².